The number of carbonyl (C=O) groups excluding carboxylic acids is 1. The standard InChI is InChI=1S/C26H36N2O4/c1-32-26(31)19-9-7-18(8-10-19)15-17-28-16-5-3-2-4-6-21-20-12-14-24(29)25(30)22(20)11-13-23(21)27/h7-10,12,14,21,23,28-30H,2-6,11,13,15-17,27H2,1H3. The van der Waals surface area contributed by atoms with Crippen molar-refractivity contribution in [3.05, 3.63) is 58.7 Å². The van der Waals surface area contributed by atoms with E-state index in [2.05, 4.69) is 5.32 Å². The van der Waals surface area contributed by atoms with Crippen molar-refractivity contribution in [2.24, 2.45) is 5.73 Å². The number of phenols is 2. The van der Waals surface area contributed by atoms with Gasteiger partial charge in [0.05, 0.1) is 12.7 Å². The number of rotatable bonds is 11. The molecule has 2 aromatic carbocycles. The quantitative estimate of drug-likeness (QED) is 0.239. The van der Waals surface area contributed by atoms with Crippen LogP contribution in [0, 0.1) is 0 Å². The van der Waals surface area contributed by atoms with Crippen molar-refractivity contribution in [3.63, 3.8) is 0 Å². The summed E-state index contributed by atoms with van der Waals surface area (Å²) in [5.74, 6) is -0.0516. The Kier molecular flexibility index (Phi) is 8.94. The number of benzene rings is 2. The molecule has 174 valence electrons. The number of nitrogens with two attached hydrogens (primary N) is 1. The van der Waals surface area contributed by atoms with Crippen molar-refractivity contribution < 1.29 is 19.7 Å². The topological polar surface area (TPSA) is 105 Å². The molecule has 0 aromatic heterocycles. The molecule has 5 N–H and O–H groups in total. The first-order chi connectivity index (χ1) is 15.5. The first-order valence-electron chi connectivity index (χ1n) is 11.7. The van der Waals surface area contributed by atoms with Crippen LogP contribution in [-0.4, -0.2) is 42.4 Å². The molecule has 3 rings (SSSR count). The van der Waals surface area contributed by atoms with Crippen LogP contribution in [0.25, 0.3) is 0 Å². The van der Waals surface area contributed by atoms with Gasteiger partial charge in [0.2, 0.25) is 0 Å². The lowest BCUT2D eigenvalue weighted by Gasteiger charge is -2.32. The second-order valence-electron chi connectivity index (χ2n) is 8.70. The van der Waals surface area contributed by atoms with E-state index in [-0.39, 0.29) is 29.4 Å². The molecule has 6 heteroatoms. The number of hydrogen-bond donors (Lipinski definition) is 4. The number of unbranched alkanes of at least 4 members (excludes halogenated alkanes) is 3. The van der Waals surface area contributed by atoms with Crippen molar-refractivity contribution >= 4 is 5.97 Å². The van der Waals surface area contributed by atoms with E-state index in [9.17, 15) is 15.0 Å². The largest absolute Gasteiger partial charge is 0.504 e. The van der Waals surface area contributed by atoms with Crippen LogP contribution in [0.4, 0.5) is 0 Å². The Balaban J connectivity index is 1.29. The van der Waals surface area contributed by atoms with Gasteiger partial charge in [-0.25, -0.2) is 4.79 Å². The lowest BCUT2D eigenvalue weighted by Crippen LogP contribution is -2.33. The average molecular weight is 441 g/mol. The van der Waals surface area contributed by atoms with Crippen molar-refractivity contribution in [1.82, 2.24) is 5.32 Å². The van der Waals surface area contributed by atoms with E-state index in [0.29, 0.717) is 5.56 Å². The van der Waals surface area contributed by atoms with Crippen molar-refractivity contribution in [2.45, 2.75) is 63.3 Å². The highest BCUT2D eigenvalue weighted by molar-refractivity contribution is 5.89. The van der Waals surface area contributed by atoms with Crippen LogP contribution in [0.15, 0.2) is 36.4 Å². The maximum absolute atomic E-state index is 11.5. The molecule has 0 aliphatic heterocycles. The summed E-state index contributed by atoms with van der Waals surface area (Å²) in [6, 6.07) is 11.2. The predicted octanol–water partition coefficient (Wildman–Crippen LogP) is 4.02. The number of nitrogens with one attached hydrogen (secondary N) is 1. The number of phenolic OH excluding ortho intramolecular Hbond substituents is 2. The van der Waals surface area contributed by atoms with Gasteiger partial charge in [0.15, 0.2) is 11.5 Å². The number of aromatic hydroxyl groups is 2. The first-order valence-corrected chi connectivity index (χ1v) is 11.7. The van der Waals surface area contributed by atoms with Crippen molar-refractivity contribution in [2.75, 3.05) is 20.2 Å². The Morgan fingerprint density at radius 1 is 1.06 bits per heavy atom. The molecule has 0 saturated heterocycles. The summed E-state index contributed by atoms with van der Waals surface area (Å²) >= 11 is 0. The van der Waals surface area contributed by atoms with E-state index in [0.717, 1.165) is 62.7 Å². The van der Waals surface area contributed by atoms with Crippen molar-refractivity contribution in [1.29, 1.82) is 0 Å². The summed E-state index contributed by atoms with van der Waals surface area (Å²) in [4.78, 5) is 11.5. The van der Waals surface area contributed by atoms with Gasteiger partial charge in [0.1, 0.15) is 0 Å². The Labute approximate surface area is 190 Å². The second-order valence-corrected chi connectivity index (χ2v) is 8.70. The number of methoxy groups -OCH3 is 1. The van der Waals surface area contributed by atoms with Crippen LogP contribution >= 0.6 is 0 Å². The fourth-order valence-corrected chi connectivity index (χ4v) is 4.61. The normalized spacial score (nSPS) is 17.7. The molecule has 0 heterocycles. The second kappa shape index (κ2) is 11.9. The molecule has 2 atom stereocenters. The fourth-order valence-electron chi connectivity index (χ4n) is 4.61. The Morgan fingerprint density at radius 2 is 1.81 bits per heavy atom. The molecule has 0 amide bonds. The number of hydrogen-bond acceptors (Lipinski definition) is 6. The minimum Gasteiger partial charge on any atom is -0.504 e. The number of ether oxygens (including phenoxy) is 1. The third-order valence-corrected chi connectivity index (χ3v) is 6.53. The van der Waals surface area contributed by atoms with E-state index in [1.807, 2.05) is 30.3 Å². The third kappa shape index (κ3) is 6.24. The van der Waals surface area contributed by atoms with Gasteiger partial charge in [-0.05, 0) is 80.4 Å². The summed E-state index contributed by atoms with van der Waals surface area (Å²) < 4.78 is 4.72. The Hall–Kier alpha value is -2.57. The molecule has 1 aliphatic rings. The van der Waals surface area contributed by atoms with Crippen LogP contribution in [0.2, 0.25) is 0 Å². The molecule has 32 heavy (non-hydrogen) atoms. The Morgan fingerprint density at radius 3 is 2.56 bits per heavy atom. The van der Waals surface area contributed by atoms with E-state index < -0.39 is 0 Å². The molecule has 0 radical (unpaired) electrons. The first kappa shape index (κ1) is 24.1. The minimum atomic E-state index is -0.304. The zero-order chi connectivity index (χ0) is 22.9. The van der Waals surface area contributed by atoms with Crippen LogP contribution in [0.1, 0.15) is 71.5 Å². The lowest BCUT2D eigenvalue weighted by molar-refractivity contribution is 0.0600. The third-order valence-electron chi connectivity index (χ3n) is 6.53. The highest BCUT2D eigenvalue weighted by Gasteiger charge is 2.29. The van der Waals surface area contributed by atoms with Crippen LogP contribution in [0.3, 0.4) is 0 Å². The SMILES string of the molecule is COC(=O)c1ccc(CCNCCCCCCC2c3ccc(O)c(O)c3CCC2N)cc1. The van der Waals surface area contributed by atoms with Gasteiger partial charge in [0.25, 0.3) is 0 Å². The summed E-state index contributed by atoms with van der Waals surface area (Å²) in [7, 11) is 1.39. The average Bonchev–Trinajstić information content (AvgIpc) is 2.81. The molecule has 6 nitrogen and oxygen atoms in total. The predicted molar refractivity (Wildman–Crippen MR) is 126 cm³/mol. The zero-order valence-corrected chi connectivity index (χ0v) is 19.0. The zero-order valence-electron chi connectivity index (χ0n) is 19.0. The van der Waals surface area contributed by atoms with Crippen LogP contribution in [-0.2, 0) is 17.6 Å². The fraction of sp³-hybridized carbons (Fsp3) is 0.500. The van der Waals surface area contributed by atoms with Crippen molar-refractivity contribution in [3.8, 4) is 11.5 Å². The summed E-state index contributed by atoms with van der Waals surface area (Å²) in [6.07, 6.45) is 8.14. The van der Waals surface area contributed by atoms with E-state index in [1.54, 1.807) is 6.07 Å². The van der Waals surface area contributed by atoms with Gasteiger partial charge in [0, 0.05) is 11.6 Å². The number of fused-ring (bicyclic) bond motifs is 1. The van der Waals surface area contributed by atoms with E-state index in [4.69, 9.17) is 10.5 Å². The van der Waals surface area contributed by atoms with E-state index in [1.165, 1.54) is 25.5 Å². The molecule has 0 saturated carbocycles. The highest BCUT2D eigenvalue weighted by atomic mass is 16.5. The summed E-state index contributed by atoms with van der Waals surface area (Å²) in [6.45, 7) is 1.92. The number of carbonyl (C=O) groups is 1. The summed E-state index contributed by atoms with van der Waals surface area (Å²) in [5, 5.41) is 23.4. The summed E-state index contributed by atoms with van der Waals surface area (Å²) in [5.41, 5.74) is 10.1. The van der Waals surface area contributed by atoms with Gasteiger partial charge in [-0.1, -0.05) is 37.5 Å². The molecule has 0 bridgehead atoms. The van der Waals surface area contributed by atoms with Crippen LogP contribution < -0.4 is 11.1 Å². The molecule has 1 aliphatic carbocycles. The van der Waals surface area contributed by atoms with Gasteiger partial charge in [-0.3, -0.25) is 0 Å². The van der Waals surface area contributed by atoms with Crippen LogP contribution in [0.5, 0.6) is 11.5 Å². The monoisotopic (exact) mass is 440 g/mol. The number of esters is 1. The highest BCUT2D eigenvalue weighted by Crippen LogP contribution is 2.42. The minimum absolute atomic E-state index is 0.0323. The molecule has 2 aromatic rings. The van der Waals surface area contributed by atoms with Gasteiger partial charge in [-0.2, -0.15) is 0 Å². The molecule has 0 spiro atoms. The molecular formula is C26H36N2O4. The van der Waals surface area contributed by atoms with Gasteiger partial charge >= 0.3 is 5.97 Å². The Bertz CT molecular complexity index is 882. The van der Waals surface area contributed by atoms with Gasteiger partial charge < -0.3 is 26.0 Å². The molecule has 2 unspecified atom stereocenters. The van der Waals surface area contributed by atoms with Gasteiger partial charge in [-0.15, -0.1) is 0 Å². The molecular weight excluding hydrogens is 404 g/mol. The molecule has 0 fully saturated rings. The van der Waals surface area contributed by atoms with E-state index >= 15 is 0 Å². The maximum atomic E-state index is 11.5. The maximum Gasteiger partial charge on any atom is 0.337 e. The lowest BCUT2D eigenvalue weighted by atomic mass is 9.76. The smallest absolute Gasteiger partial charge is 0.337 e.